The van der Waals surface area contributed by atoms with Gasteiger partial charge in [0.15, 0.2) is 0 Å². The first kappa shape index (κ1) is 15.3. The molecule has 1 fully saturated rings. The Morgan fingerprint density at radius 3 is 2.61 bits per heavy atom. The van der Waals surface area contributed by atoms with E-state index in [4.69, 9.17) is 4.74 Å². The lowest BCUT2D eigenvalue weighted by atomic mass is 9.87. The van der Waals surface area contributed by atoms with Gasteiger partial charge in [-0.25, -0.2) is 0 Å². The van der Waals surface area contributed by atoms with E-state index >= 15 is 0 Å². The van der Waals surface area contributed by atoms with Crippen molar-refractivity contribution >= 4 is 12.4 Å². The van der Waals surface area contributed by atoms with Crippen molar-refractivity contribution in [3.8, 4) is 5.75 Å². The average Bonchev–Trinajstić information content (AvgIpc) is 2.37. The standard InChI is InChI=1S/C15H23NO.ClH/c1-3-10-17-14-4-5-15(12(2)11-14)13-6-8-16-9-7-13;/h4-5,11,13,16H,3,6-10H2,1-2H3;1H. The summed E-state index contributed by atoms with van der Waals surface area (Å²) in [7, 11) is 0. The third kappa shape index (κ3) is 3.89. The van der Waals surface area contributed by atoms with E-state index in [0.717, 1.165) is 37.8 Å². The molecular weight excluding hydrogens is 246 g/mol. The normalized spacial score (nSPS) is 16.1. The summed E-state index contributed by atoms with van der Waals surface area (Å²) in [5.74, 6) is 1.75. The summed E-state index contributed by atoms with van der Waals surface area (Å²) in [4.78, 5) is 0. The van der Waals surface area contributed by atoms with Crippen LogP contribution in [0.1, 0.15) is 43.2 Å². The molecule has 0 amide bonds. The molecule has 0 aliphatic carbocycles. The van der Waals surface area contributed by atoms with E-state index < -0.39 is 0 Å². The number of piperidine rings is 1. The number of hydrogen-bond donors (Lipinski definition) is 1. The van der Waals surface area contributed by atoms with Crippen LogP contribution in [0.15, 0.2) is 18.2 Å². The highest BCUT2D eigenvalue weighted by molar-refractivity contribution is 5.85. The summed E-state index contributed by atoms with van der Waals surface area (Å²) in [5.41, 5.74) is 2.89. The van der Waals surface area contributed by atoms with E-state index in [1.54, 1.807) is 0 Å². The maximum Gasteiger partial charge on any atom is 0.119 e. The highest BCUT2D eigenvalue weighted by atomic mass is 35.5. The van der Waals surface area contributed by atoms with Gasteiger partial charge < -0.3 is 10.1 Å². The fourth-order valence-electron chi connectivity index (χ4n) is 2.55. The van der Waals surface area contributed by atoms with Crippen LogP contribution in [0.2, 0.25) is 0 Å². The van der Waals surface area contributed by atoms with Crippen molar-refractivity contribution < 1.29 is 4.74 Å². The van der Waals surface area contributed by atoms with Gasteiger partial charge in [0, 0.05) is 0 Å². The highest BCUT2D eigenvalue weighted by Crippen LogP contribution is 2.29. The van der Waals surface area contributed by atoms with Crippen molar-refractivity contribution in [3.05, 3.63) is 29.3 Å². The van der Waals surface area contributed by atoms with Crippen molar-refractivity contribution in [2.45, 2.75) is 39.0 Å². The predicted molar refractivity (Wildman–Crippen MR) is 79.1 cm³/mol. The molecule has 1 aliphatic heterocycles. The van der Waals surface area contributed by atoms with Crippen LogP contribution in [0.5, 0.6) is 5.75 Å². The summed E-state index contributed by atoms with van der Waals surface area (Å²) in [6, 6.07) is 6.57. The molecule has 1 N–H and O–H groups in total. The topological polar surface area (TPSA) is 21.3 Å². The third-order valence-corrected chi connectivity index (χ3v) is 3.49. The maximum absolute atomic E-state index is 5.67. The van der Waals surface area contributed by atoms with E-state index in [-0.39, 0.29) is 12.4 Å². The molecule has 0 bridgehead atoms. The Bertz CT molecular complexity index is 362. The lowest BCUT2D eigenvalue weighted by molar-refractivity contribution is 0.317. The SMILES string of the molecule is CCCOc1ccc(C2CCNCC2)c(C)c1.Cl. The zero-order valence-corrected chi connectivity index (χ0v) is 12.2. The number of aryl methyl sites for hydroxylation is 1. The molecule has 1 aromatic carbocycles. The van der Waals surface area contributed by atoms with Crippen LogP contribution in [0.25, 0.3) is 0 Å². The molecule has 1 heterocycles. The molecule has 18 heavy (non-hydrogen) atoms. The van der Waals surface area contributed by atoms with Crippen LogP contribution in [-0.4, -0.2) is 19.7 Å². The number of halogens is 1. The predicted octanol–water partition coefficient (Wildman–Crippen LogP) is 3.67. The molecule has 0 spiro atoms. The van der Waals surface area contributed by atoms with E-state index in [1.807, 2.05) is 0 Å². The highest BCUT2D eigenvalue weighted by Gasteiger charge is 2.16. The number of ether oxygens (including phenoxy) is 1. The van der Waals surface area contributed by atoms with Crippen LogP contribution >= 0.6 is 12.4 Å². The molecule has 1 aromatic rings. The summed E-state index contributed by atoms with van der Waals surface area (Å²) in [6.07, 6.45) is 3.58. The molecule has 0 radical (unpaired) electrons. The Morgan fingerprint density at radius 1 is 1.28 bits per heavy atom. The number of benzene rings is 1. The van der Waals surface area contributed by atoms with Crippen molar-refractivity contribution in [2.24, 2.45) is 0 Å². The van der Waals surface area contributed by atoms with Gasteiger partial charge >= 0.3 is 0 Å². The first-order valence-electron chi connectivity index (χ1n) is 6.75. The maximum atomic E-state index is 5.67. The van der Waals surface area contributed by atoms with Gasteiger partial charge in [0.05, 0.1) is 6.61 Å². The molecule has 102 valence electrons. The monoisotopic (exact) mass is 269 g/mol. The van der Waals surface area contributed by atoms with Gasteiger partial charge in [-0.3, -0.25) is 0 Å². The minimum Gasteiger partial charge on any atom is -0.494 e. The second kappa shape index (κ2) is 7.65. The van der Waals surface area contributed by atoms with Crippen LogP contribution in [0, 0.1) is 6.92 Å². The van der Waals surface area contributed by atoms with Gasteiger partial charge in [-0.05, 0) is 68.5 Å². The lowest BCUT2D eigenvalue weighted by Gasteiger charge is -2.24. The van der Waals surface area contributed by atoms with Crippen LogP contribution in [-0.2, 0) is 0 Å². The van der Waals surface area contributed by atoms with E-state index in [1.165, 1.54) is 24.0 Å². The molecule has 0 saturated carbocycles. The van der Waals surface area contributed by atoms with Crippen LogP contribution in [0.3, 0.4) is 0 Å². The Hall–Kier alpha value is -0.730. The summed E-state index contributed by atoms with van der Waals surface area (Å²) < 4.78 is 5.67. The molecule has 0 unspecified atom stereocenters. The van der Waals surface area contributed by atoms with Gasteiger partial charge in [-0.1, -0.05) is 13.0 Å². The zero-order valence-electron chi connectivity index (χ0n) is 11.4. The fourth-order valence-corrected chi connectivity index (χ4v) is 2.55. The van der Waals surface area contributed by atoms with E-state index in [0.29, 0.717) is 0 Å². The van der Waals surface area contributed by atoms with Crippen LogP contribution in [0.4, 0.5) is 0 Å². The van der Waals surface area contributed by atoms with Gasteiger partial charge in [-0.15, -0.1) is 12.4 Å². The first-order chi connectivity index (χ1) is 8.31. The molecule has 2 rings (SSSR count). The second-order valence-electron chi connectivity index (χ2n) is 4.89. The zero-order chi connectivity index (χ0) is 12.1. The summed E-state index contributed by atoms with van der Waals surface area (Å²) >= 11 is 0. The Balaban J connectivity index is 0.00000162. The molecule has 0 atom stereocenters. The van der Waals surface area contributed by atoms with Gasteiger partial charge in [0.2, 0.25) is 0 Å². The fraction of sp³-hybridized carbons (Fsp3) is 0.600. The van der Waals surface area contributed by atoms with E-state index in [9.17, 15) is 0 Å². The Labute approximate surface area is 117 Å². The molecule has 1 aliphatic rings. The minimum atomic E-state index is 0. The van der Waals surface area contributed by atoms with Crippen molar-refractivity contribution in [3.63, 3.8) is 0 Å². The van der Waals surface area contributed by atoms with E-state index in [2.05, 4.69) is 37.4 Å². The first-order valence-corrected chi connectivity index (χ1v) is 6.75. The van der Waals surface area contributed by atoms with Crippen molar-refractivity contribution in [2.75, 3.05) is 19.7 Å². The second-order valence-corrected chi connectivity index (χ2v) is 4.89. The number of rotatable bonds is 4. The number of nitrogens with one attached hydrogen (secondary N) is 1. The minimum absolute atomic E-state index is 0. The smallest absolute Gasteiger partial charge is 0.119 e. The van der Waals surface area contributed by atoms with Gasteiger partial charge in [0.1, 0.15) is 5.75 Å². The third-order valence-electron chi connectivity index (χ3n) is 3.49. The summed E-state index contributed by atoms with van der Waals surface area (Å²) in [6.45, 7) is 7.45. The Kier molecular flexibility index (Phi) is 6.51. The van der Waals surface area contributed by atoms with Crippen molar-refractivity contribution in [1.82, 2.24) is 5.32 Å². The van der Waals surface area contributed by atoms with Gasteiger partial charge in [-0.2, -0.15) is 0 Å². The summed E-state index contributed by atoms with van der Waals surface area (Å²) in [5, 5.41) is 3.42. The largest absolute Gasteiger partial charge is 0.494 e. The molecule has 2 nitrogen and oxygen atoms in total. The lowest BCUT2D eigenvalue weighted by Crippen LogP contribution is -2.26. The molecule has 3 heteroatoms. The quantitative estimate of drug-likeness (QED) is 0.901. The van der Waals surface area contributed by atoms with Crippen LogP contribution < -0.4 is 10.1 Å². The molecular formula is C15H24ClNO. The average molecular weight is 270 g/mol. The molecule has 1 saturated heterocycles. The molecule has 0 aromatic heterocycles. The van der Waals surface area contributed by atoms with Crippen molar-refractivity contribution in [1.29, 1.82) is 0 Å². The Morgan fingerprint density at radius 2 is 2.00 bits per heavy atom. The van der Waals surface area contributed by atoms with Gasteiger partial charge in [0.25, 0.3) is 0 Å². The number of hydrogen-bond acceptors (Lipinski definition) is 2.